The van der Waals surface area contributed by atoms with Crippen LogP contribution in [-0.2, 0) is 5.54 Å². The van der Waals surface area contributed by atoms with Gasteiger partial charge in [0.25, 0.3) is 5.91 Å². The molecule has 5 rings (SSSR count). The fraction of sp³-hybridized carbons (Fsp3) is 0.538. The van der Waals surface area contributed by atoms with Crippen molar-refractivity contribution in [1.29, 1.82) is 0 Å². The Morgan fingerprint density at radius 1 is 1.21 bits per heavy atom. The number of nitrogens with zero attached hydrogens (tertiary/aromatic N) is 4. The Hall–Kier alpha value is -2.58. The van der Waals surface area contributed by atoms with E-state index in [-0.39, 0.29) is 11.9 Å². The molecule has 8 heteroatoms. The molecule has 0 bridgehead atoms. The van der Waals surface area contributed by atoms with Crippen LogP contribution in [0, 0.1) is 12.8 Å². The van der Waals surface area contributed by atoms with Crippen molar-refractivity contribution < 1.29 is 9.21 Å². The minimum Gasteiger partial charge on any atom is -0.419 e. The highest BCUT2D eigenvalue weighted by molar-refractivity contribution is 7.09. The molecular weight excluding hydrogens is 446 g/mol. The van der Waals surface area contributed by atoms with Crippen LogP contribution in [0.2, 0.25) is 0 Å². The molecule has 0 unspecified atom stereocenters. The minimum atomic E-state index is -0.657. The summed E-state index contributed by atoms with van der Waals surface area (Å²) in [5.41, 5.74) is 8.33. The number of aryl methyl sites for hydroxylation is 1. The van der Waals surface area contributed by atoms with Gasteiger partial charge in [0, 0.05) is 28.7 Å². The van der Waals surface area contributed by atoms with Crippen LogP contribution in [0.4, 0.5) is 0 Å². The third-order valence-electron chi connectivity index (χ3n) is 7.14. The smallest absolute Gasteiger partial charge is 0.254 e. The predicted molar refractivity (Wildman–Crippen MR) is 132 cm³/mol. The first-order valence-electron chi connectivity index (χ1n) is 12.4. The monoisotopic (exact) mass is 479 g/mol. The number of amides is 1. The summed E-state index contributed by atoms with van der Waals surface area (Å²) in [6, 6.07) is 7.50. The zero-order valence-corrected chi connectivity index (χ0v) is 20.8. The zero-order chi connectivity index (χ0) is 23.7. The second-order valence-electron chi connectivity index (χ2n) is 10.1. The van der Waals surface area contributed by atoms with Gasteiger partial charge < -0.3 is 15.1 Å². The van der Waals surface area contributed by atoms with Crippen LogP contribution < -0.4 is 5.73 Å². The molecule has 3 heterocycles. The highest BCUT2D eigenvalue weighted by atomic mass is 32.1. The van der Waals surface area contributed by atoms with Crippen LogP contribution >= 0.6 is 11.3 Å². The third kappa shape index (κ3) is 4.79. The Bertz CT molecular complexity index is 1150. The van der Waals surface area contributed by atoms with Crippen LogP contribution in [0.3, 0.4) is 0 Å². The van der Waals surface area contributed by atoms with E-state index in [1.54, 1.807) is 11.3 Å². The Labute approximate surface area is 204 Å². The van der Waals surface area contributed by atoms with Gasteiger partial charge in [0.1, 0.15) is 5.01 Å². The molecule has 1 aliphatic carbocycles. The largest absolute Gasteiger partial charge is 0.419 e. The quantitative estimate of drug-likeness (QED) is 0.492. The molecule has 7 nitrogen and oxygen atoms in total. The molecule has 2 aromatic heterocycles. The van der Waals surface area contributed by atoms with Crippen molar-refractivity contribution in [1.82, 2.24) is 20.1 Å². The van der Waals surface area contributed by atoms with Gasteiger partial charge >= 0.3 is 0 Å². The Morgan fingerprint density at radius 2 is 2.03 bits per heavy atom. The zero-order valence-electron chi connectivity index (χ0n) is 20.0. The van der Waals surface area contributed by atoms with Gasteiger partial charge in [-0.1, -0.05) is 38.2 Å². The summed E-state index contributed by atoms with van der Waals surface area (Å²) in [6.45, 7) is 4.71. The summed E-state index contributed by atoms with van der Waals surface area (Å²) in [5.74, 6) is 1.48. The number of carbonyl (C=O) groups is 1. The van der Waals surface area contributed by atoms with Crippen molar-refractivity contribution in [2.45, 2.75) is 76.8 Å². The number of hydrogen-bond donors (Lipinski definition) is 1. The molecule has 2 atom stereocenters. The highest BCUT2D eigenvalue weighted by Crippen LogP contribution is 2.36. The molecular formula is C26H33N5O2S. The molecule has 180 valence electrons. The van der Waals surface area contributed by atoms with E-state index < -0.39 is 5.54 Å². The summed E-state index contributed by atoms with van der Waals surface area (Å²) >= 11 is 1.63. The van der Waals surface area contributed by atoms with Gasteiger partial charge in [-0.25, -0.2) is 4.98 Å². The number of rotatable bonds is 6. The average molecular weight is 480 g/mol. The number of benzene rings is 1. The predicted octanol–water partition coefficient (Wildman–Crippen LogP) is 5.62. The van der Waals surface area contributed by atoms with Crippen molar-refractivity contribution in [3.8, 4) is 11.5 Å². The lowest BCUT2D eigenvalue weighted by Gasteiger charge is -2.29. The van der Waals surface area contributed by atoms with Crippen molar-refractivity contribution in [2.75, 3.05) is 6.54 Å². The average Bonchev–Trinajstić information content (AvgIpc) is 3.59. The van der Waals surface area contributed by atoms with Crippen LogP contribution in [0.5, 0.6) is 0 Å². The van der Waals surface area contributed by atoms with E-state index in [0.717, 1.165) is 42.1 Å². The maximum absolute atomic E-state index is 13.4. The molecule has 0 spiro atoms. The van der Waals surface area contributed by atoms with Gasteiger partial charge in [-0.2, -0.15) is 0 Å². The Balaban J connectivity index is 1.33. The van der Waals surface area contributed by atoms with Crippen molar-refractivity contribution in [3.05, 3.63) is 51.8 Å². The summed E-state index contributed by atoms with van der Waals surface area (Å²) in [6.07, 6.45) is 9.08. The molecule has 34 heavy (non-hydrogen) atoms. The van der Waals surface area contributed by atoms with Gasteiger partial charge in [0.05, 0.1) is 11.6 Å². The summed E-state index contributed by atoms with van der Waals surface area (Å²) in [4.78, 5) is 20.0. The fourth-order valence-electron chi connectivity index (χ4n) is 5.39. The maximum Gasteiger partial charge on any atom is 0.254 e. The minimum absolute atomic E-state index is 0.0119. The highest BCUT2D eigenvalue weighted by Gasteiger charge is 2.34. The lowest BCUT2D eigenvalue weighted by atomic mass is 9.80. The van der Waals surface area contributed by atoms with Crippen molar-refractivity contribution in [3.63, 3.8) is 0 Å². The summed E-state index contributed by atoms with van der Waals surface area (Å²) in [5, 5.41) is 11.6. The first-order valence-corrected chi connectivity index (χ1v) is 13.2. The Morgan fingerprint density at radius 3 is 2.79 bits per heavy atom. The number of hydrogen-bond acceptors (Lipinski definition) is 7. The van der Waals surface area contributed by atoms with Crippen molar-refractivity contribution in [2.24, 2.45) is 11.7 Å². The van der Waals surface area contributed by atoms with Crippen LogP contribution in [0.1, 0.15) is 91.3 Å². The van der Waals surface area contributed by atoms with Crippen LogP contribution in [0.25, 0.3) is 11.5 Å². The molecule has 1 saturated heterocycles. The molecule has 1 amide bonds. The number of thiazole rings is 1. The van der Waals surface area contributed by atoms with Gasteiger partial charge in [0.2, 0.25) is 11.8 Å². The lowest BCUT2D eigenvalue weighted by Crippen LogP contribution is -2.36. The third-order valence-corrected chi connectivity index (χ3v) is 8.21. The first kappa shape index (κ1) is 23.2. The number of aromatic nitrogens is 3. The topological polar surface area (TPSA) is 98.1 Å². The van der Waals surface area contributed by atoms with E-state index in [4.69, 9.17) is 10.2 Å². The van der Waals surface area contributed by atoms with E-state index in [9.17, 15) is 4.79 Å². The van der Waals surface area contributed by atoms with Gasteiger partial charge in [-0.3, -0.25) is 4.79 Å². The summed E-state index contributed by atoms with van der Waals surface area (Å²) in [7, 11) is 0. The molecule has 2 N–H and O–H groups in total. The molecule has 2 fully saturated rings. The first-order chi connectivity index (χ1) is 16.4. The maximum atomic E-state index is 13.4. The van der Waals surface area contributed by atoms with Crippen LogP contribution in [-0.4, -0.2) is 32.5 Å². The number of nitrogens with two attached hydrogens (primary N) is 1. The fourth-order valence-corrected chi connectivity index (χ4v) is 6.33. The normalized spacial score (nSPS) is 21.0. The van der Waals surface area contributed by atoms with E-state index in [1.807, 2.05) is 48.4 Å². The molecule has 1 aromatic carbocycles. The molecule has 2 aliphatic rings. The van der Waals surface area contributed by atoms with E-state index >= 15 is 0 Å². The molecule has 3 aromatic rings. The standard InChI is InChI=1S/C26H33N5O2S/c1-17-16-34-23(28-17)21-12-7-13-31(21)24(32)20-11-6-10-19(14-20)22-29-30-25(33-22)26(2,27)15-18-8-4-3-5-9-18/h6,10-11,14,16,18,21H,3-5,7-9,12-13,15,27H2,1-2H3/t21-,26+/m1/s1. The van der Waals surface area contributed by atoms with E-state index in [0.29, 0.717) is 23.3 Å². The van der Waals surface area contributed by atoms with E-state index in [2.05, 4.69) is 15.2 Å². The van der Waals surface area contributed by atoms with Gasteiger partial charge in [-0.05, 0) is 57.2 Å². The molecule has 1 saturated carbocycles. The van der Waals surface area contributed by atoms with Crippen molar-refractivity contribution >= 4 is 17.2 Å². The number of likely N-dealkylation sites (tertiary alicyclic amines) is 1. The van der Waals surface area contributed by atoms with E-state index in [1.165, 1.54) is 32.1 Å². The molecule has 1 aliphatic heterocycles. The summed E-state index contributed by atoms with van der Waals surface area (Å²) < 4.78 is 6.05. The van der Waals surface area contributed by atoms with Gasteiger partial charge in [-0.15, -0.1) is 21.5 Å². The Kier molecular flexibility index (Phi) is 6.53. The molecule has 0 radical (unpaired) electrons. The van der Waals surface area contributed by atoms with Crippen LogP contribution in [0.15, 0.2) is 34.1 Å². The second-order valence-corrected chi connectivity index (χ2v) is 11.0. The second kappa shape index (κ2) is 9.58. The SMILES string of the molecule is Cc1csc([C@H]2CCCN2C(=O)c2cccc(-c3nnc([C@@](C)(N)CC4CCCCC4)o3)c2)n1. The van der Waals surface area contributed by atoms with Gasteiger partial charge in [0.15, 0.2) is 0 Å². The lowest BCUT2D eigenvalue weighted by molar-refractivity contribution is 0.0735. The number of carbonyl (C=O) groups excluding carboxylic acids is 1.